The van der Waals surface area contributed by atoms with Crippen LogP contribution in [0.5, 0.6) is 0 Å². The third-order valence-electron chi connectivity index (χ3n) is 3.39. The molecular weight excluding hydrogens is 289 g/mol. The van der Waals surface area contributed by atoms with E-state index in [1.54, 1.807) is 0 Å². The van der Waals surface area contributed by atoms with E-state index in [1.807, 2.05) is 54.6 Å². The molecule has 0 amide bonds. The van der Waals surface area contributed by atoms with Gasteiger partial charge in [-0.2, -0.15) is 0 Å². The molecule has 0 saturated heterocycles. The molecule has 0 atom stereocenters. The number of hydrogen-bond donors (Lipinski definition) is 3. The van der Waals surface area contributed by atoms with Crippen molar-refractivity contribution < 1.29 is 0 Å². The largest absolute Gasteiger partial charge is 0.399 e. The monoisotopic (exact) mass is 307 g/mol. The lowest BCUT2D eigenvalue weighted by Crippen LogP contribution is -2.21. The molecule has 0 spiro atoms. The van der Waals surface area contributed by atoms with Crippen molar-refractivity contribution in [1.29, 1.82) is 0 Å². The van der Waals surface area contributed by atoms with Crippen molar-refractivity contribution in [3.05, 3.63) is 72.8 Å². The second-order valence-corrected chi connectivity index (χ2v) is 7.34. The highest BCUT2D eigenvalue weighted by Gasteiger charge is 2.17. The SMILES string of the molecule is Nc1cccc(P(c2cccc(N)c2)c2cccc(N)c2)c1. The van der Waals surface area contributed by atoms with Crippen LogP contribution in [0.2, 0.25) is 0 Å². The topological polar surface area (TPSA) is 78.1 Å². The van der Waals surface area contributed by atoms with Gasteiger partial charge in [0, 0.05) is 17.1 Å². The third-order valence-corrected chi connectivity index (χ3v) is 5.77. The highest BCUT2D eigenvalue weighted by molar-refractivity contribution is 7.79. The van der Waals surface area contributed by atoms with Gasteiger partial charge in [-0.25, -0.2) is 0 Å². The Morgan fingerprint density at radius 3 is 1.09 bits per heavy atom. The zero-order valence-electron chi connectivity index (χ0n) is 12.1. The Balaban J connectivity index is 2.18. The van der Waals surface area contributed by atoms with Crippen molar-refractivity contribution in [3.63, 3.8) is 0 Å². The van der Waals surface area contributed by atoms with Crippen LogP contribution in [0.25, 0.3) is 0 Å². The van der Waals surface area contributed by atoms with Crippen LogP contribution in [0.15, 0.2) is 72.8 Å². The first-order valence-electron chi connectivity index (χ1n) is 7.00. The molecule has 0 heterocycles. The number of benzene rings is 3. The molecule has 3 aromatic carbocycles. The summed E-state index contributed by atoms with van der Waals surface area (Å²) in [5.41, 5.74) is 20.2. The molecule has 0 aliphatic rings. The summed E-state index contributed by atoms with van der Waals surface area (Å²) in [5, 5.41) is 3.56. The quantitative estimate of drug-likeness (QED) is 0.513. The van der Waals surface area contributed by atoms with Crippen molar-refractivity contribution in [2.75, 3.05) is 17.2 Å². The van der Waals surface area contributed by atoms with Gasteiger partial charge in [-0.15, -0.1) is 0 Å². The second kappa shape index (κ2) is 6.08. The zero-order valence-corrected chi connectivity index (χ0v) is 13.0. The molecule has 0 bridgehead atoms. The Bertz CT molecular complexity index is 693. The molecule has 22 heavy (non-hydrogen) atoms. The van der Waals surface area contributed by atoms with Gasteiger partial charge in [-0.3, -0.25) is 0 Å². The lowest BCUT2D eigenvalue weighted by molar-refractivity contribution is 1.70. The molecule has 3 nitrogen and oxygen atoms in total. The fourth-order valence-corrected chi connectivity index (χ4v) is 4.87. The van der Waals surface area contributed by atoms with Crippen LogP contribution >= 0.6 is 7.92 Å². The number of rotatable bonds is 3. The van der Waals surface area contributed by atoms with Crippen molar-refractivity contribution in [1.82, 2.24) is 0 Å². The van der Waals surface area contributed by atoms with Crippen LogP contribution in [0.3, 0.4) is 0 Å². The van der Waals surface area contributed by atoms with Gasteiger partial charge in [0.2, 0.25) is 0 Å². The minimum Gasteiger partial charge on any atom is -0.399 e. The fraction of sp³-hybridized carbons (Fsp3) is 0. The third kappa shape index (κ3) is 3.05. The highest BCUT2D eigenvalue weighted by Crippen LogP contribution is 2.34. The van der Waals surface area contributed by atoms with Crippen molar-refractivity contribution in [2.45, 2.75) is 0 Å². The summed E-state index contributed by atoms with van der Waals surface area (Å²) in [5.74, 6) is 0. The average Bonchev–Trinajstić information content (AvgIpc) is 2.48. The molecule has 0 radical (unpaired) electrons. The van der Waals surface area contributed by atoms with E-state index in [4.69, 9.17) is 17.2 Å². The minimum atomic E-state index is -0.735. The fourth-order valence-electron chi connectivity index (χ4n) is 2.44. The molecule has 3 rings (SSSR count). The smallest absolute Gasteiger partial charge is 0.0320 e. The van der Waals surface area contributed by atoms with Gasteiger partial charge in [-0.05, 0) is 60.2 Å². The maximum absolute atomic E-state index is 5.97. The molecule has 0 aliphatic carbocycles. The molecule has 0 saturated carbocycles. The van der Waals surface area contributed by atoms with Gasteiger partial charge in [0.05, 0.1) is 0 Å². The molecule has 4 heteroatoms. The Hall–Kier alpha value is -2.51. The summed E-state index contributed by atoms with van der Waals surface area (Å²) in [6.45, 7) is 0. The molecule has 0 unspecified atom stereocenters. The summed E-state index contributed by atoms with van der Waals surface area (Å²) in [7, 11) is -0.735. The lowest BCUT2D eigenvalue weighted by Gasteiger charge is -2.20. The summed E-state index contributed by atoms with van der Waals surface area (Å²) in [4.78, 5) is 0. The summed E-state index contributed by atoms with van der Waals surface area (Å²) in [6.07, 6.45) is 0. The van der Waals surface area contributed by atoms with E-state index in [0.717, 1.165) is 17.1 Å². The van der Waals surface area contributed by atoms with E-state index in [9.17, 15) is 0 Å². The molecule has 0 aromatic heterocycles. The normalized spacial score (nSPS) is 10.8. The Kier molecular flexibility index (Phi) is 3.99. The molecule has 0 fully saturated rings. The maximum Gasteiger partial charge on any atom is 0.0320 e. The van der Waals surface area contributed by atoms with Crippen LogP contribution < -0.4 is 33.1 Å². The number of nitrogen functional groups attached to an aromatic ring is 3. The first-order chi connectivity index (χ1) is 10.6. The van der Waals surface area contributed by atoms with Gasteiger partial charge >= 0.3 is 0 Å². The summed E-state index contributed by atoms with van der Waals surface area (Å²) >= 11 is 0. The van der Waals surface area contributed by atoms with Crippen molar-refractivity contribution >= 4 is 40.9 Å². The van der Waals surface area contributed by atoms with Gasteiger partial charge < -0.3 is 17.2 Å². The Labute approximate surface area is 131 Å². The average molecular weight is 307 g/mol. The predicted octanol–water partition coefficient (Wildman–Crippen LogP) is 2.19. The van der Waals surface area contributed by atoms with Gasteiger partial charge in [0.1, 0.15) is 0 Å². The van der Waals surface area contributed by atoms with Crippen molar-refractivity contribution in [2.24, 2.45) is 0 Å². The van der Waals surface area contributed by atoms with Gasteiger partial charge in [0.25, 0.3) is 0 Å². The summed E-state index contributed by atoms with van der Waals surface area (Å²) in [6, 6.07) is 24.0. The van der Waals surface area contributed by atoms with E-state index in [1.165, 1.54) is 15.9 Å². The van der Waals surface area contributed by atoms with E-state index >= 15 is 0 Å². The van der Waals surface area contributed by atoms with Crippen LogP contribution in [0, 0.1) is 0 Å². The van der Waals surface area contributed by atoms with Crippen LogP contribution in [-0.4, -0.2) is 0 Å². The predicted molar refractivity (Wildman–Crippen MR) is 98.4 cm³/mol. The van der Waals surface area contributed by atoms with Gasteiger partial charge in [0.15, 0.2) is 0 Å². The minimum absolute atomic E-state index is 0.735. The lowest BCUT2D eigenvalue weighted by atomic mass is 10.3. The Morgan fingerprint density at radius 2 is 0.818 bits per heavy atom. The number of anilines is 3. The second-order valence-electron chi connectivity index (χ2n) is 5.12. The molecule has 110 valence electrons. The first-order valence-corrected chi connectivity index (χ1v) is 8.34. The van der Waals surface area contributed by atoms with Crippen LogP contribution in [0.1, 0.15) is 0 Å². The number of hydrogen-bond acceptors (Lipinski definition) is 3. The van der Waals surface area contributed by atoms with E-state index in [2.05, 4.69) is 18.2 Å². The van der Waals surface area contributed by atoms with Crippen molar-refractivity contribution in [3.8, 4) is 0 Å². The maximum atomic E-state index is 5.97. The van der Waals surface area contributed by atoms with E-state index in [-0.39, 0.29) is 0 Å². The zero-order chi connectivity index (χ0) is 15.5. The summed E-state index contributed by atoms with van der Waals surface area (Å²) < 4.78 is 0. The first kappa shape index (κ1) is 14.4. The number of nitrogens with two attached hydrogens (primary N) is 3. The molecule has 0 aliphatic heterocycles. The molecule has 3 aromatic rings. The van der Waals surface area contributed by atoms with E-state index in [0.29, 0.717) is 0 Å². The Morgan fingerprint density at radius 1 is 0.500 bits per heavy atom. The highest BCUT2D eigenvalue weighted by atomic mass is 31.1. The molecule has 6 N–H and O–H groups in total. The van der Waals surface area contributed by atoms with Crippen LogP contribution in [-0.2, 0) is 0 Å². The molecular formula is C18H18N3P. The standard InChI is InChI=1S/C18H18N3P/c19-13-4-1-7-16(10-13)22(17-8-2-5-14(20)11-17)18-9-3-6-15(21)12-18/h1-12H,19-21H2. The van der Waals surface area contributed by atoms with E-state index < -0.39 is 7.92 Å². The van der Waals surface area contributed by atoms with Gasteiger partial charge in [-0.1, -0.05) is 36.4 Å². The van der Waals surface area contributed by atoms with Crippen LogP contribution in [0.4, 0.5) is 17.1 Å².